The number of amides is 2. The number of urea groups is 1. The van der Waals surface area contributed by atoms with Crippen LogP contribution >= 0.6 is 27.3 Å². The molecule has 0 aromatic carbocycles. The van der Waals surface area contributed by atoms with Crippen LogP contribution in [-0.2, 0) is 0 Å². The summed E-state index contributed by atoms with van der Waals surface area (Å²) in [5.41, 5.74) is 5.63. The molecule has 1 unspecified atom stereocenters. The van der Waals surface area contributed by atoms with Gasteiger partial charge in [-0.3, -0.25) is 0 Å². The average molecular weight is 332 g/mol. The van der Waals surface area contributed by atoms with Crippen molar-refractivity contribution in [2.24, 2.45) is 5.73 Å². The van der Waals surface area contributed by atoms with Gasteiger partial charge in [-0.25, -0.2) is 4.79 Å². The van der Waals surface area contributed by atoms with Gasteiger partial charge >= 0.3 is 6.03 Å². The number of nitrogens with zero attached hydrogens (tertiary/aromatic N) is 2. The molecule has 6 heteroatoms. The van der Waals surface area contributed by atoms with Crippen molar-refractivity contribution in [2.75, 3.05) is 20.1 Å². The highest BCUT2D eigenvalue weighted by molar-refractivity contribution is 9.10. The van der Waals surface area contributed by atoms with Crippen LogP contribution in [0.2, 0.25) is 0 Å². The SMILES string of the molecule is CN1C(=O)N(CC(C)(C)N)CC1c1cc(Br)cs1. The second-order valence-corrected chi connectivity index (χ2v) is 7.30. The Morgan fingerprint density at radius 2 is 2.28 bits per heavy atom. The van der Waals surface area contributed by atoms with Gasteiger partial charge < -0.3 is 15.5 Å². The Morgan fingerprint density at radius 1 is 1.61 bits per heavy atom. The molecule has 0 bridgehead atoms. The Morgan fingerprint density at radius 3 is 2.78 bits per heavy atom. The number of likely N-dealkylation sites (N-methyl/N-ethyl adjacent to an activating group) is 1. The van der Waals surface area contributed by atoms with Crippen LogP contribution in [0.3, 0.4) is 0 Å². The highest BCUT2D eigenvalue weighted by Gasteiger charge is 2.37. The zero-order valence-corrected chi connectivity index (χ0v) is 13.2. The van der Waals surface area contributed by atoms with E-state index in [0.717, 1.165) is 4.47 Å². The second kappa shape index (κ2) is 4.83. The van der Waals surface area contributed by atoms with Crippen LogP contribution in [0.25, 0.3) is 0 Å². The number of nitrogens with two attached hydrogens (primary N) is 1. The first-order valence-electron chi connectivity index (χ1n) is 5.82. The maximum Gasteiger partial charge on any atom is 0.320 e. The topological polar surface area (TPSA) is 49.6 Å². The lowest BCUT2D eigenvalue weighted by Gasteiger charge is -2.25. The molecule has 1 atom stereocenters. The molecule has 1 fully saturated rings. The van der Waals surface area contributed by atoms with Crippen LogP contribution in [0.1, 0.15) is 24.8 Å². The fourth-order valence-corrected chi connectivity index (χ4v) is 3.75. The fraction of sp³-hybridized carbons (Fsp3) is 0.583. The summed E-state index contributed by atoms with van der Waals surface area (Å²) in [4.78, 5) is 17.0. The van der Waals surface area contributed by atoms with Crippen LogP contribution < -0.4 is 5.73 Å². The first kappa shape index (κ1) is 13.8. The summed E-state index contributed by atoms with van der Waals surface area (Å²) in [5, 5.41) is 2.04. The summed E-state index contributed by atoms with van der Waals surface area (Å²) in [5.74, 6) is 0. The number of thiophene rings is 1. The van der Waals surface area contributed by atoms with E-state index in [1.165, 1.54) is 4.88 Å². The molecule has 0 saturated carbocycles. The van der Waals surface area contributed by atoms with Crippen molar-refractivity contribution in [1.29, 1.82) is 0 Å². The Balaban J connectivity index is 2.14. The average Bonchev–Trinajstić information content (AvgIpc) is 2.76. The van der Waals surface area contributed by atoms with Crippen molar-refractivity contribution in [3.05, 3.63) is 20.8 Å². The van der Waals surface area contributed by atoms with E-state index in [1.807, 2.05) is 31.2 Å². The minimum absolute atomic E-state index is 0.0584. The third-order valence-corrected chi connectivity index (χ3v) is 4.74. The number of carbonyl (C=O) groups excluding carboxylic acids is 1. The van der Waals surface area contributed by atoms with Gasteiger partial charge in [0.05, 0.1) is 6.04 Å². The van der Waals surface area contributed by atoms with E-state index in [-0.39, 0.29) is 17.6 Å². The lowest BCUT2D eigenvalue weighted by atomic mass is 10.1. The van der Waals surface area contributed by atoms with Crippen molar-refractivity contribution in [2.45, 2.75) is 25.4 Å². The van der Waals surface area contributed by atoms with Crippen molar-refractivity contribution in [1.82, 2.24) is 9.80 Å². The molecule has 2 rings (SSSR count). The van der Waals surface area contributed by atoms with Gasteiger partial charge in [-0.2, -0.15) is 0 Å². The number of carbonyl (C=O) groups is 1. The van der Waals surface area contributed by atoms with Crippen molar-refractivity contribution >= 4 is 33.3 Å². The summed E-state index contributed by atoms with van der Waals surface area (Å²) in [6.07, 6.45) is 0. The Labute approximate surface area is 120 Å². The molecule has 1 aliphatic heterocycles. The predicted molar refractivity (Wildman–Crippen MR) is 77.8 cm³/mol. The van der Waals surface area contributed by atoms with Crippen molar-refractivity contribution in [3.63, 3.8) is 0 Å². The predicted octanol–water partition coefficient (Wildman–Crippen LogP) is 2.66. The van der Waals surface area contributed by atoms with Crippen LogP contribution in [0.15, 0.2) is 15.9 Å². The second-order valence-electron chi connectivity index (χ2n) is 5.45. The Hall–Kier alpha value is -0.590. The lowest BCUT2D eigenvalue weighted by molar-refractivity contribution is 0.188. The quantitative estimate of drug-likeness (QED) is 0.925. The molecule has 1 saturated heterocycles. The fourth-order valence-electron chi connectivity index (χ4n) is 2.17. The molecule has 2 amide bonds. The van der Waals surface area contributed by atoms with Crippen LogP contribution in [0, 0.1) is 0 Å². The molecule has 1 aromatic rings. The maximum absolute atomic E-state index is 12.2. The van der Waals surface area contributed by atoms with Gasteiger partial charge in [-0.15, -0.1) is 11.3 Å². The molecule has 0 aliphatic carbocycles. The minimum atomic E-state index is -0.360. The third kappa shape index (κ3) is 2.87. The zero-order chi connectivity index (χ0) is 13.5. The standard InChI is InChI=1S/C12H18BrN3OS/c1-12(2,14)7-16-5-9(15(3)11(16)17)10-4-8(13)6-18-10/h4,6,9H,5,7,14H2,1-3H3. The summed E-state index contributed by atoms with van der Waals surface area (Å²) < 4.78 is 1.07. The Bertz CT molecular complexity index is 454. The third-order valence-electron chi connectivity index (χ3n) is 2.95. The van der Waals surface area contributed by atoms with Gasteiger partial charge in [-0.05, 0) is 35.8 Å². The van der Waals surface area contributed by atoms with E-state index in [1.54, 1.807) is 16.2 Å². The number of hydrogen-bond acceptors (Lipinski definition) is 3. The lowest BCUT2D eigenvalue weighted by Crippen LogP contribution is -2.46. The van der Waals surface area contributed by atoms with Crippen molar-refractivity contribution < 1.29 is 4.79 Å². The van der Waals surface area contributed by atoms with Crippen LogP contribution in [0.5, 0.6) is 0 Å². The molecule has 1 aliphatic rings. The van der Waals surface area contributed by atoms with E-state index in [2.05, 4.69) is 22.0 Å². The van der Waals surface area contributed by atoms with E-state index in [9.17, 15) is 4.79 Å². The maximum atomic E-state index is 12.2. The zero-order valence-electron chi connectivity index (χ0n) is 10.8. The molecule has 4 nitrogen and oxygen atoms in total. The van der Waals surface area contributed by atoms with Gasteiger partial charge in [0, 0.05) is 40.4 Å². The van der Waals surface area contributed by atoms with Gasteiger partial charge in [-0.1, -0.05) is 0 Å². The highest BCUT2D eigenvalue weighted by atomic mass is 79.9. The largest absolute Gasteiger partial charge is 0.324 e. The monoisotopic (exact) mass is 331 g/mol. The number of halogens is 1. The summed E-state index contributed by atoms with van der Waals surface area (Å²) in [6.45, 7) is 5.17. The molecule has 0 spiro atoms. The molecular weight excluding hydrogens is 314 g/mol. The Kier molecular flexibility index (Phi) is 3.71. The van der Waals surface area contributed by atoms with Gasteiger partial charge in [0.25, 0.3) is 0 Å². The van der Waals surface area contributed by atoms with Crippen molar-refractivity contribution in [3.8, 4) is 0 Å². The minimum Gasteiger partial charge on any atom is -0.324 e. The molecule has 18 heavy (non-hydrogen) atoms. The molecule has 2 heterocycles. The van der Waals surface area contributed by atoms with Gasteiger partial charge in [0.15, 0.2) is 0 Å². The van der Waals surface area contributed by atoms with Gasteiger partial charge in [0.1, 0.15) is 0 Å². The van der Waals surface area contributed by atoms with E-state index >= 15 is 0 Å². The number of rotatable bonds is 3. The molecule has 2 N–H and O–H groups in total. The summed E-state index contributed by atoms with van der Waals surface area (Å²) in [7, 11) is 1.85. The van der Waals surface area contributed by atoms with Crippen LogP contribution in [-0.4, -0.2) is 41.5 Å². The first-order valence-corrected chi connectivity index (χ1v) is 7.50. The first-order chi connectivity index (χ1) is 8.28. The molecular formula is C12H18BrN3OS. The summed E-state index contributed by atoms with van der Waals surface area (Å²) in [6, 6.07) is 2.27. The van der Waals surface area contributed by atoms with Gasteiger partial charge in [0.2, 0.25) is 0 Å². The highest BCUT2D eigenvalue weighted by Crippen LogP contribution is 2.34. The molecule has 1 aromatic heterocycles. The van der Waals surface area contributed by atoms with E-state index in [4.69, 9.17) is 5.73 Å². The molecule has 100 valence electrons. The molecule has 0 radical (unpaired) electrons. The summed E-state index contributed by atoms with van der Waals surface area (Å²) >= 11 is 5.13. The smallest absolute Gasteiger partial charge is 0.320 e. The normalized spacial score (nSPS) is 20.9. The van der Waals surface area contributed by atoms with E-state index < -0.39 is 0 Å². The van der Waals surface area contributed by atoms with E-state index in [0.29, 0.717) is 13.1 Å². The van der Waals surface area contributed by atoms with Crippen LogP contribution in [0.4, 0.5) is 4.79 Å². The number of hydrogen-bond donors (Lipinski definition) is 1.